The number of rotatable bonds is 4. The summed E-state index contributed by atoms with van der Waals surface area (Å²) in [7, 11) is 0. The first kappa shape index (κ1) is 19.7. The monoisotopic (exact) mass is 415 g/mol. The smallest absolute Gasteiger partial charge is 0.223 e. The largest absolute Gasteiger partial charge is 0.354 e. The van der Waals surface area contributed by atoms with Crippen LogP contribution in [0.3, 0.4) is 0 Å². The standard InChI is InChI=1S/C22H30FN5O2/c23-17-9-24-13-26-21(17)27-11-15-8-16(12-27)19(28-18(15)6-3-7-20(28)29)10-25-22(30)14-4-1-2-5-14/h9,13-16,18-19H,1-8,10-12H2,(H,25,30)/t15-,16+,18+,19+/m1/s1. The second-order valence-electron chi connectivity index (χ2n) is 9.41. The van der Waals surface area contributed by atoms with Gasteiger partial charge >= 0.3 is 0 Å². The molecule has 1 N–H and O–H groups in total. The summed E-state index contributed by atoms with van der Waals surface area (Å²) in [5, 5.41) is 3.17. The first-order valence-corrected chi connectivity index (χ1v) is 11.4. The zero-order chi connectivity index (χ0) is 20.7. The molecule has 4 heterocycles. The highest BCUT2D eigenvalue weighted by molar-refractivity contribution is 5.80. The van der Waals surface area contributed by atoms with Gasteiger partial charge in [0, 0.05) is 38.0 Å². The number of piperidine rings is 3. The number of nitrogens with zero attached hydrogens (tertiary/aromatic N) is 4. The summed E-state index contributed by atoms with van der Waals surface area (Å²) < 4.78 is 14.4. The lowest BCUT2D eigenvalue weighted by molar-refractivity contribution is -0.149. The van der Waals surface area contributed by atoms with Gasteiger partial charge < -0.3 is 15.1 Å². The van der Waals surface area contributed by atoms with Gasteiger partial charge in [-0.05, 0) is 43.9 Å². The highest BCUT2D eigenvalue weighted by atomic mass is 19.1. The Balaban J connectivity index is 1.37. The Hall–Kier alpha value is -2.25. The van der Waals surface area contributed by atoms with Crippen molar-refractivity contribution < 1.29 is 14.0 Å². The maximum Gasteiger partial charge on any atom is 0.223 e. The molecule has 1 aromatic rings. The van der Waals surface area contributed by atoms with Crippen LogP contribution >= 0.6 is 0 Å². The van der Waals surface area contributed by atoms with Crippen LogP contribution in [-0.2, 0) is 9.59 Å². The third-order valence-corrected chi connectivity index (χ3v) is 7.66. The molecule has 1 saturated carbocycles. The molecule has 2 amide bonds. The number of aromatic nitrogens is 2. The molecular weight excluding hydrogens is 385 g/mol. The number of nitrogens with one attached hydrogen (secondary N) is 1. The van der Waals surface area contributed by atoms with Gasteiger partial charge in [0.15, 0.2) is 11.6 Å². The van der Waals surface area contributed by atoms with E-state index in [1.54, 1.807) is 0 Å². The molecule has 0 spiro atoms. The number of carbonyl (C=O) groups excluding carboxylic acids is 2. The van der Waals surface area contributed by atoms with Crippen molar-refractivity contribution in [1.29, 1.82) is 0 Å². The number of hydrogen-bond acceptors (Lipinski definition) is 5. The van der Waals surface area contributed by atoms with Crippen LogP contribution in [0.4, 0.5) is 10.2 Å². The molecule has 2 bridgehead atoms. The zero-order valence-corrected chi connectivity index (χ0v) is 17.3. The van der Waals surface area contributed by atoms with E-state index in [1.807, 2.05) is 4.90 Å². The van der Waals surface area contributed by atoms with Gasteiger partial charge in [-0.1, -0.05) is 12.8 Å². The van der Waals surface area contributed by atoms with E-state index in [4.69, 9.17) is 0 Å². The Morgan fingerprint density at radius 1 is 1.17 bits per heavy atom. The SMILES string of the molecule is O=C(NC[C@H]1[C@H]2C[C@H](CN(c3ncncc3F)C2)[C@@H]2CCCC(=O)N21)C1CCCC1. The van der Waals surface area contributed by atoms with Gasteiger partial charge in [-0.3, -0.25) is 9.59 Å². The minimum atomic E-state index is -0.403. The van der Waals surface area contributed by atoms with Crippen LogP contribution in [0.25, 0.3) is 0 Å². The molecule has 8 heteroatoms. The quantitative estimate of drug-likeness (QED) is 0.815. The Morgan fingerprint density at radius 3 is 2.77 bits per heavy atom. The summed E-state index contributed by atoms with van der Waals surface area (Å²) in [6.07, 6.45) is 10.3. The van der Waals surface area contributed by atoms with Crippen molar-refractivity contribution in [2.24, 2.45) is 17.8 Å². The van der Waals surface area contributed by atoms with Crippen LogP contribution in [0, 0.1) is 23.6 Å². The molecule has 0 unspecified atom stereocenters. The lowest BCUT2D eigenvalue weighted by Crippen LogP contribution is -2.67. The van der Waals surface area contributed by atoms with Crippen molar-refractivity contribution in [3.63, 3.8) is 0 Å². The van der Waals surface area contributed by atoms with E-state index >= 15 is 0 Å². The Kier molecular flexibility index (Phi) is 5.33. The number of anilines is 1. The fraction of sp³-hybridized carbons (Fsp3) is 0.727. The van der Waals surface area contributed by atoms with Gasteiger partial charge in [0.1, 0.15) is 6.33 Å². The molecule has 4 atom stereocenters. The Morgan fingerprint density at radius 2 is 1.97 bits per heavy atom. The van der Waals surface area contributed by atoms with Crippen LogP contribution < -0.4 is 10.2 Å². The van der Waals surface area contributed by atoms with E-state index in [0.717, 1.165) is 44.9 Å². The van der Waals surface area contributed by atoms with Crippen molar-refractivity contribution >= 4 is 17.6 Å². The van der Waals surface area contributed by atoms with Gasteiger partial charge in [0.25, 0.3) is 0 Å². The van der Waals surface area contributed by atoms with Crippen LogP contribution in [-0.4, -0.2) is 58.4 Å². The zero-order valence-electron chi connectivity index (χ0n) is 17.3. The summed E-state index contributed by atoms with van der Waals surface area (Å²) >= 11 is 0. The minimum absolute atomic E-state index is 0.0305. The molecule has 1 aromatic heterocycles. The fourth-order valence-electron chi connectivity index (χ4n) is 6.29. The summed E-state index contributed by atoms with van der Waals surface area (Å²) in [4.78, 5) is 37.6. The molecule has 7 nitrogen and oxygen atoms in total. The van der Waals surface area contributed by atoms with Crippen molar-refractivity contribution in [3.05, 3.63) is 18.3 Å². The first-order valence-electron chi connectivity index (χ1n) is 11.4. The van der Waals surface area contributed by atoms with Crippen molar-refractivity contribution in [1.82, 2.24) is 20.2 Å². The lowest BCUT2D eigenvalue weighted by atomic mass is 9.72. The number of hydrogen-bond donors (Lipinski definition) is 1. The number of halogens is 1. The van der Waals surface area contributed by atoms with Crippen molar-refractivity contribution in [2.75, 3.05) is 24.5 Å². The molecule has 162 valence electrons. The highest BCUT2D eigenvalue weighted by Crippen LogP contribution is 2.42. The van der Waals surface area contributed by atoms with Crippen LogP contribution in [0.15, 0.2) is 12.5 Å². The molecule has 0 aromatic carbocycles. The second-order valence-corrected chi connectivity index (χ2v) is 9.41. The highest BCUT2D eigenvalue weighted by Gasteiger charge is 2.49. The predicted molar refractivity (Wildman–Crippen MR) is 109 cm³/mol. The predicted octanol–water partition coefficient (Wildman–Crippen LogP) is 2.13. The van der Waals surface area contributed by atoms with E-state index in [0.29, 0.717) is 37.8 Å². The van der Waals surface area contributed by atoms with Crippen molar-refractivity contribution in [2.45, 2.75) is 63.5 Å². The third-order valence-electron chi connectivity index (χ3n) is 7.66. The van der Waals surface area contributed by atoms with Gasteiger partial charge in [0.05, 0.1) is 12.2 Å². The van der Waals surface area contributed by atoms with Gasteiger partial charge in [-0.25, -0.2) is 14.4 Å². The molecule has 1 aliphatic carbocycles. The van der Waals surface area contributed by atoms with E-state index in [9.17, 15) is 14.0 Å². The van der Waals surface area contributed by atoms with E-state index < -0.39 is 5.82 Å². The summed E-state index contributed by atoms with van der Waals surface area (Å²) in [6, 6.07) is 0.140. The molecule has 5 rings (SSSR count). The first-order chi connectivity index (χ1) is 14.6. The summed E-state index contributed by atoms with van der Waals surface area (Å²) in [5.74, 6) is 0.911. The summed E-state index contributed by atoms with van der Waals surface area (Å²) in [6.45, 7) is 1.85. The van der Waals surface area contributed by atoms with E-state index in [-0.39, 0.29) is 35.7 Å². The van der Waals surface area contributed by atoms with Crippen LogP contribution in [0.2, 0.25) is 0 Å². The maximum absolute atomic E-state index is 14.4. The van der Waals surface area contributed by atoms with Gasteiger partial charge in [0.2, 0.25) is 11.8 Å². The molecule has 4 fully saturated rings. The Labute approximate surface area is 176 Å². The summed E-state index contributed by atoms with van der Waals surface area (Å²) in [5.41, 5.74) is 0. The van der Waals surface area contributed by atoms with E-state index in [1.165, 1.54) is 12.5 Å². The average molecular weight is 416 g/mol. The van der Waals surface area contributed by atoms with E-state index in [2.05, 4.69) is 20.2 Å². The molecule has 30 heavy (non-hydrogen) atoms. The number of carbonyl (C=O) groups is 2. The lowest BCUT2D eigenvalue weighted by Gasteiger charge is -2.56. The normalized spacial score (nSPS) is 31.6. The van der Waals surface area contributed by atoms with Crippen LogP contribution in [0.5, 0.6) is 0 Å². The van der Waals surface area contributed by atoms with Gasteiger partial charge in [-0.15, -0.1) is 0 Å². The number of amides is 2. The fourth-order valence-corrected chi connectivity index (χ4v) is 6.29. The topological polar surface area (TPSA) is 78.4 Å². The third kappa shape index (κ3) is 3.54. The average Bonchev–Trinajstić information content (AvgIpc) is 3.29. The molecule has 0 radical (unpaired) electrons. The number of fused-ring (bicyclic) bond motifs is 4. The van der Waals surface area contributed by atoms with Crippen molar-refractivity contribution in [3.8, 4) is 0 Å². The maximum atomic E-state index is 14.4. The molecular formula is C22H30FN5O2. The second kappa shape index (κ2) is 8.12. The molecule has 4 aliphatic rings. The molecule has 3 aliphatic heterocycles. The minimum Gasteiger partial charge on any atom is -0.354 e. The Bertz CT molecular complexity index is 814. The van der Waals surface area contributed by atoms with Crippen LogP contribution in [0.1, 0.15) is 51.4 Å². The molecule has 3 saturated heterocycles. The van der Waals surface area contributed by atoms with Gasteiger partial charge in [-0.2, -0.15) is 0 Å².